The lowest BCUT2D eigenvalue weighted by Gasteiger charge is -2.15. The molecule has 0 heterocycles. The molecule has 2 aromatic rings. The van der Waals surface area contributed by atoms with Crippen molar-refractivity contribution in [2.75, 3.05) is 11.0 Å². The van der Waals surface area contributed by atoms with Gasteiger partial charge in [0.2, 0.25) is 15.9 Å². The first-order chi connectivity index (χ1) is 13.3. The van der Waals surface area contributed by atoms with Crippen molar-refractivity contribution in [3.05, 3.63) is 63.9 Å². The van der Waals surface area contributed by atoms with E-state index in [2.05, 4.69) is 5.32 Å². The van der Waals surface area contributed by atoms with E-state index in [-0.39, 0.29) is 22.8 Å². The lowest BCUT2D eigenvalue weighted by Crippen LogP contribution is -2.27. The molecule has 2 aromatic carbocycles. The van der Waals surface area contributed by atoms with Crippen LogP contribution >= 0.6 is 11.6 Å². The molecule has 29 heavy (non-hydrogen) atoms. The Kier molecular flexibility index (Phi) is 6.79. The molecular formula is C18H17ClF4N2O3S. The molecule has 0 aromatic heterocycles. The largest absolute Gasteiger partial charge is 0.416 e. The molecule has 1 atom stereocenters. The molecule has 5 nitrogen and oxygen atoms in total. The van der Waals surface area contributed by atoms with Crippen molar-refractivity contribution in [3.8, 4) is 0 Å². The third-order valence-corrected chi connectivity index (χ3v) is 4.96. The maximum absolute atomic E-state index is 14.1. The van der Waals surface area contributed by atoms with Crippen LogP contribution in [0.15, 0.2) is 36.4 Å². The van der Waals surface area contributed by atoms with Gasteiger partial charge in [0.25, 0.3) is 0 Å². The molecule has 0 aliphatic heterocycles. The van der Waals surface area contributed by atoms with Gasteiger partial charge in [-0.1, -0.05) is 23.7 Å². The van der Waals surface area contributed by atoms with Gasteiger partial charge in [0.1, 0.15) is 5.82 Å². The Morgan fingerprint density at radius 2 is 1.83 bits per heavy atom. The highest BCUT2D eigenvalue weighted by Gasteiger charge is 2.30. The van der Waals surface area contributed by atoms with Crippen LogP contribution in [0.4, 0.5) is 23.2 Å². The maximum Gasteiger partial charge on any atom is 0.416 e. The van der Waals surface area contributed by atoms with Crippen molar-refractivity contribution in [1.82, 2.24) is 5.32 Å². The van der Waals surface area contributed by atoms with Gasteiger partial charge in [-0.3, -0.25) is 9.52 Å². The first-order valence-corrected chi connectivity index (χ1v) is 10.5. The minimum Gasteiger partial charge on any atom is -0.351 e. The summed E-state index contributed by atoms with van der Waals surface area (Å²) in [6, 6.07) is 6.42. The lowest BCUT2D eigenvalue weighted by molar-refractivity contribution is -0.137. The number of hydrogen-bond acceptors (Lipinski definition) is 3. The van der Waals surface area contributed by atoms with Crippen LogP contribution in [0.5, 0.6) is 0 Å². The number of hydrogen-bond donors (Lipinski definition) is 2. The highest BCUT2D eigenvalue weighted by Crippen LogP contribution is 2.32. The molecule has 2 rings (SSSR count). The number of halogens is 5. The van der Waals surface area contributed by atoms with Gasteiger partial charge in [0.05, 0.1) is 23.4 Å². The molecule has 0 bridgehead atoms. The third-order valence-electron chi connectivity index (χ3n) is 4.02. The van der Waals surface area contributed by atoms with Gasteiger partial charge in [-0.05, 0) is 42.3 Å². The fourth-order valence-corrected chi connectivity index (χ4v) is 3.25. The van der Waals surface area contributed by atoms with E-state index in [1.54, 1.807) is 0 Å². The lowest BCUT2D eigenvalue weighted by atomic mass is 9.99. The van der Waals surface area contributed by atoms with Gasteiger partial charge in [0, 0.05) is 11.6 Å². The number of carbonyl (C=O) groups is 1. The molecule has 0 aliphatic carbocycles. The minimum atomic E-state index is -4.53. The van der Waals surface area contributed by atoms with Gasteiger partial charge in [-0.15, -0.1) is 0 Å². The summed E-state index contributed by atoms with van der Waals surface area (Å²) >= 11 is 5.85. The van der Waals surface area contributed by atoms with E-state index < -0.39 is 39.4 Å². The van der Waals surface area contributed by atoms with Gasteiger partial charge in [-0.25, -0.2) is 12.8 Å². The Bertz CT molecular complexity index is 1030. The summed E-state index contributed by atoms with van der Waals surface area (Å²) in [6.07, 6.45) is -3.65. The molecule has 2 N–H and O–H groups in total. The molecule has 0 fully saturated rings. The van der Waals surface area contributed by atoms with Crippen LogP contribution in [-0.4, -0.2) is 20.6 Å². The van der Waals surface area contributed by atoms with E-state index >= 15 is 0 Å². The van der Waals surface area contributed by atoms with E-state index in [0.717, 1.165) is 24.5 Å². The van der Waals surface area contributed by atoms with Crippen molar-refractivity contribution in [1.29, 1.82) is 0 Å². The summed E-state index contributed by atoms with van der Waals surface area (Å²) in [5.74, 6) is -2.16. The summed E-state index contributed by atoms with van der Waals surface area (Å²) in [6.45, 7) is 1.39. The number of alkyl halides is 3. The van der Waals surface area contributed by atoms with Gasteiger partial charge >= 0.3 is 6.18 Å². The first-order valence-electron chi connectivity index (χ1n) is 8.18. The zero-order valence-corrected chi connectivity index (χ0v) is 16.8. The Morgan fingerprint density at radius 1 is 1.17 bits per heavy atom. The summed E-state index contributed by atoms with van der Waals surface area (Å²) in [5, 5.41) is 2.39. The number of amides is 1. The van der Waals surface area contributed by atoms with Crippen LogP contribution in [0.25, 0.3) is 0 Å². The highest BCUT2D eigenvalue weighted by atomic mass is 35.5. The molecular weight excluding hydrogens is 436 g/mol. The summed E-state index contributed by atoms with van der Waals surface area (Å²) in [5.41, 5.74) is -0.568. The fraction of sp³-hybridized carbons (Fsp3) is 0.278. The predicted molar refractivity (Wildman–Crippen MR) is 102 cm³/mol. The second-order valence-corrected chi connectivity index (χ2v) is 8.51. The van der Waals surface area contributed by atoms with E-state index in [4.69, 9.17) is 11.6 Å². The van der Waals surface area contributed by atoms with Crippen molar-refractivity contribution >= 4 is 33.2 Å². The smallest absolute Gasteiger partial charge is 0.351 e. The fourth-order valence-electron chi connectivity index (χ4n) is 2.44. The topological polar surface area (TPSA) is 75.3 Å². The molecule has 1 unspecified atom stereocenters. The summed E-state index contributed by atoms with van der Waals surface area (Å²) in [7, 11) is -3.66. The van der Waals surface area contributed by atoms with E-state index in [1.165, 1.54) is 25.1 Å². The molecule has 0 saturated carbocycles. The van der Waals surface area contributed by atoms with Crippen LogP contribution in [0, 0.1) is 5.82 Å². The number of sulfonamides is 1. The standard InChI is InChI=1S/C18H17ClF4N2O3S/c1-10(11-4-6-16(15(20)7-11)25-29(2,27)28)17(26)24-9-12-3-5-13(8-14(12)19)18(21,22)23/h3-8,10,25H,9H2,1-2H3,(H,24,26). The Labute approximate surface area is 170 Å². The Morgan fingerprint density at radius 3 is 2.34 bits per heavy atom. The first kappa shape index (κ1) is 23.0. The maximum atomic E-state index is 14.1. The molecule has 158 valence electrons. The zero-order chi connectivity index (χ0) is 22.0. The van der Waals surface area contributed by atoms with Gasteiger partial charge in [-0.2, -0.15) is 13.2 Å². The van der Waals surface area contributed by atoms with E-state index in [0.29, 0.717) is 5.56 Å². The summed E-state index contributed by atoms with van der Waals surface area (Å²) in [4.78, 5) is 12.3. The Hall–Kier alpha value is -2.33. The number of benzene rings is 2. The molecule has 0 aliphatic rings. The second-order valence-electron chi connectivity index (χ2n) is 6.36. The van der Waals surface area contributed by atoms with Crippen molar-refractivity contribution in [3.63, 3.8) is 0 Å². The average molecular weight is 453 g/mol. The SMILES string of the molecule is CC(C(=O)NCc1ccc(C(F)(F)F)cc1Cl)c1ccc(NS(C)(=O)=O)c(F)c1. The van der Waals surface area contributed by atoms with Crippen LogP contribution in [0.3, 0.4) is 0 Å². The van der Waals surface area contributed by atoms with Crippen LogP contribution < -0.4 is 10.0 Å². The van der Waals surface area contributed by atoms with Crippen LogP contribution in [-0.2, 0) is 27.5 Å². The van der Waals surface area contributed by atoms with Gasteiger partial charge < -0.3 is 5.32 Å². The monoisotopic (exact) mass is 452 g/mol. The van der Waals surface area contributed by atoms with E-state index in [1.807, 2.05) is 4.72 Å². The molecule has 0 saturated heterocycles. The third kappa shape index (κ3) is 6.33. The highest BCUT2D eigenvalue weighted by molar-refractivity contribution is 7.92. The molecule has 1 amide bonds. The number of nitrogens with one attached hydrogen (secondary N) is 2. The van der Waals surface area contributed by atoms with Crippen molar-refractivity contribution in [2.24, 2.45) is 0 Å². The number of carbonyl (C=O) groups excluding carboxylic acids is 1. The van der Waals surface area contributed by atoms with Crippen molar-refractivity contribution in [2.45, 2.75) is 25.6 Å². The van der Waals surface area contributed by atoms with Crippen LogP contribution in [0.2, 0.25) is 5.02 Å². The van der Waals surface area contributed by atoms with Crippen LogP contribution in [0.1, 0.15) is 29.5 Å². The zero-order valence-electron chi connectivity index (χ0n) is 15.3. The van der Waals surface area contributed by atoms with Crippen molar-refractivity contribution < 1.29 is 30.8 Å². The van der Waals surface area contributed by atoms with E-state index in [9.17, 15) is 30.8 Å². The Balaban J connectivity index is 2.07. The quantitative estimate of drug-likeness (QED) is 0.642. The summed E-state index contributed by atoms with van der Waals surface area (Å²) < 4.78 is 76.5. The molecule has 0 spiro atoms. The normalized spacial score (nSPS) is 13.1. The average Bonchev–Trinajstić information content (AvgIpc) is 2.59. The number of rotatable bonds is 6. The minimum absolute atomic E-state index is 0.115. The predicted octanol–water partition coefficient (Wildman–Crippen LogP) is 4.29. The molecule has 0 radical (unpaired) electrons. The second kappa shape index (κ2) is 8.58. The van der Waals surface area contributed by atoms with Gasteiger partial charge in [0.15, 0.2) is 0 Å². The number of anilines is 1. The molecule has 11 heteroatoms.